The predicted octanol–water partition coefficient (Wildman–Crippen LogP) is 2.76. The van der Waals surface area contributed by atoms with E-state index in [9.17, 15) is 4.79 Å². The lowest BCUT2D eigenvalue weighted by molar-refractivity contribution is -0.146. The van der Waals surface area contributed by atoms with E-state index in [1.807, 2.05) is 20.8 Å². The van der Waals surface area contributed by atoms with Crippen molar-refractivity contribution in [2.75, 3.05) is 13.2 Å². The summed E-state index contributed by atoms with van der Waals surface area (Å²) in [7, 11) is 0. The Bertz CT molecular complexity index is 242. The second kappa shape index (κ2) is 10.2. The molecule has 4 heteroatoms. The fourth-order valence-corrected chi connectivity index (χ4v) is 2.03. The molecule has 0 bridgehead atoms. The summed E-state index contributed by atoms with van der Waals surface area (Å²) in [4.78, 5) is 11.8. The largest absolute Gasteiger partial charge is 0.465 e. The van der Waals surface area contributed by atoms with Crippen molar-refractivity contribution in [2.24, 2.45) is 5.92 Å². The van der Waals surface area contributed by atoms with Crippen LogP contribution in [0.1, 0.15) is 54.4 Å². The summed E-state index contributed by atoms with van der Waals surface area (Å²) in [6.45, 7) is 13.3. The molecule has 2 unspecified atom stereocenters. The summed E-state index contributed by atoms with van der Waals surface area (Å²) < 4.78 is 10.8. The van der Waals surface area contributed by atoms with Gasteiger partial charge >= 0.3 is 5.97 Å². The van der Waals surface area contributed by atoms with E-state index in [1.165, 1.54) is 0 Å². The molecule has 0 heterocycles. The number of hydrogen-bond donors (Lipinski definition) is 1. The lowest BCUT2D eigenvalue weighted by Crippen LogP contribution is -2.42. The molecule has 0 aromatic carbocycles. The Hall–Kier alpha value is -0.610. The van der Waals surface area contributed by atoms with E-state index in [2.05, 4.69) is 26.1 Å². The molecule has 0 saturated carbocycles. The topological polar surface area (TPSA) is 47.6 Å². The van der Waals surface area contributed by atoms with Gasteiger partial charge in [0.15, 0.2) is 0 Å². The molecule has 0 amide bonds. The Morgan fingerprint density at radius 3 is 2.26 bits per heavy atom. The van der Waals surface area contributed by atoms with Crippen molar-refractivity contribution in [3.63, 3.8) is 0 Å². The van der Waals surface area contributed by atoms with E-state index in [4.69, 9.17) is 9.47 Å². The van der Waals surface area contributed by atoms with Crippen molar-refractivity contribution in [3.8, 4) is 0 Å². The van der Waals surface area contributed by atoms with Crippen molar-refractivity contribution < 1.29 is 14.3 Å². The van der Waals surface area contributed by atoms with Gasteiger partial charge in [0.25, 0.3) is 0 Å². The van der Waals surface area contributed by atoms with E-state index in [0.717, 1.165) is 6.42 Å². The minimum Gasteiger partial charge on any atom is -0.465 e. The summed E-state index contributed by atoms with van der Waals surface area (Å²) in [6.07, 6.45) is 1.93. The first-order valence-electron chi connectivity index (χ1n) is 7.41. The number of nitrogens with one attached hydrogen (secondary N) is 1. The van der Waals surface area contributed by atoms with Gasteiger partial charge in [0, 0.05) is 12.6 Å². The molecule has 2 atom stereocenters. The Kier molecular flexibility index (Phi) is 9.88. The second-order valence-corrected chi connectivity index (χ2v) is 5.73. The molecule has 0 radical (unpaired) electrons. The number of rotatable bonds is 10. The monoisotopic (exact) mass is 273 g/mol. The van der Waals surface area contributed by atoms with Crippen molar-refractivity contribution in [1.29, 1.82) is 0 Å². The summed E-state index contributed by atoms with van der Waals surface area (Å²) in [5.74, 6) is 0.445. The number of hydrogen-bond acceptors (Lipinski definition) is 4. The van der Waals surface area contributed by atoms with E-state index in [0.29, 0.717) is 25.6 Å². The lowest BCUT2D eigenvalue weighted by Gasteiger charge is -2.21. The zero-order valence-corrected chi connectivity index (χ0v) is 13.4. The first-order chi connectivity index (χ1) is 8.86. The number of ether oxygens (including phenoxy) is 2. The molecule has 0 aromatic rings. The smallest absolute Gasteiger partial charge is 0.323 e. The first-order valence-corrected chi connectivity index (χ1v) is 7.41. The second-order valence-electron chi connectivity index (χ2n) is 5.73. The van der Waals surface area contributed by atoms with Crippen molar-refractivity contribution in [2.45, 2.75) is 72.6 Å². The molecule has 0 spiro atoms. The highest BCUT2D eigenvalue weighted by atomic mass is 16.5. The Labute approximate surface area is 118 Å². The Morgan fingerprint density at radius 2 is 1.79 bits per heavy atom. The van der Waals surface area contributed by atoms with Crippen LogP contribution in [-0.4, -0.2) is 37.4 Å². The third kappa shape index (κ3) is 9.91. The summed E-state index contributed by atoms with van der Waals surface area (Å²) in [5.41, 5.74) is 0. The van der Waals surface area contributed by atoms with Crippen LogP contribution in [0.4, 0.5) is 0 Å². The minimum atomic E-state index is -0.272. The maximum absolute atomic E-state index is 11.8. The van der Waals surface area contributed by atoms with Gasteiger partial charge in [0.05, 0.1) is 12.7 Å². The van der Waals surface area contributed by atoms with Gasteiger partial charge in [-0.25, -0.2) is 0 Å². The van der Waals surface area contributed by atoms with Crippen LogP contribution in [0.15, 0.2) is 0 Å². The van der Waals surface area contributed by atoms with Gasteiger partial charge in [-0.15, -0.1) is 0 Å². The SMILES string of the molecule is CCOC(=O)C(CCOC(C)CC(C)C)NC(C)C. The average molecular weight is 273 g/mol. The maximum atomic E-state index is 11.8. The average Bonchev–Trinajstić information content (AvgIpc) is 2.26. The van der Waals surface area contributed by atoms with Crippen molar-refractivity contribution in [1.82, 2.24) is 5.32 Å². The zero-order chi connectivity index (χ0) is 14.8. The Morgan fingerprint density at radius 1 is 1.16 bits per heavy atom. The van der Waals surface area contributed by atoms with Crippen molar-refractivity contribution >= 4 is 5.97 Å². The summed E-state index contributed by atoms with van der Waals surface area (Å²) in [5, 5.41) is 3.22. The summed E-state index contributed by atoms with van der Waals surface area (Å²) in [6, 6.07) is -0.0197. The molecule has 0 aromatic heterocycles. The van der Waals surface area contributed by atoms with Gasteiger partial charge in [0.2, 0.25) is 0 Å². The molecule has 0 saturated heterocycles. The molecule has 0 aliphatic rings. The molecular formula is C15H31NO3. The number of esters is 1. The highest BCUT2D eigenvalue weighted by Gasteiger charge is 2.20. The fraction of sp³-hybridized carbons (Fsp3) is 0.933. The fourth-order valence-electron chi connectivity index (χ4n) is 2.03. The Balaban J connectivity index is 4.08. The molecule has 0 aliphatic heterocycles. The van der Waals surface area contributed by atoms with Crippen LogP contribution >= 0.6 is 0 Å². The third-order valence-electron chi connectivity index (χ3n) is 2.72. The number of carbonyl (C=O) groups is 1. The minimum absolute atomic E-state index is 0.184. The van der Waals surface area contributed by atoms with E-state index < -0.39 is 0 Å². The van der Waals surface area contributed by atoms with E-state index >= 15 is 0 Å². The van der Waals surface area contributed by atoms with Crippen LogP contribution in [0.2, 0.25) is 0 Å². The predicted molar refractivity (Wildman–Crippen MR) is 78.2 cm³/mol. The molecule has 0 fully saturated rings. The molecular weight excluding hydrogens is 242 g/mol. The zero-order valence-electron chi connectivity index (χ0n) is 13.4. The van der Waals surface area contributed by atoms with E-state index in [1.54, 1.807) is 0 Å². The van der Waals surface area contributed by atoms with Gasteiger partial charge in [-0.1, -0.05) is 27.7 Å². The van der Waals surface area contributed by atoms with Crippen LogP contribution in [0.5, 0.6) is 0 Å². The maximum Gasteiger partial charge on any atom is 0.323 e. The van der Waals surface area contributed by atoms with Crippen LogP contribution in [-0.2, 0) is 14.3 Å². The molecule has 114 valence electrons. The van der Waals surface area contributed by atoms with Crippen LogP contribution < -0.4 is 5.32 Å². The van der Waals surface area contributed by atoms with Gasteiger partial charge in [-0.3, -0.25) is 4.79 Å². The lowest BCUT2D eigenvalue weighted by atomic mass is 10.1. The molecule has 4 nitrogen and oxygen atoms in total. The highest BCUT2D eigenvalue weighted by molar-refractivity contribution is 5.75. The van der Waals surface area contributed by atoms with Gasteiger partial charge in [-0.2, -0.15) is 0 Å². The summed E-state index contributed by atoms with van der Waals surface area (Å²) >= 11 is 0. The third-order valence-corrected chi connectivity index (χ3v) is 2.72. The van der Waals surface area contributed by atoms with Crippen LogP contribution in [0.25, 0.3) is 0 Å². The molecule has 0 aliphatic carbocycles. The normalized spacial score (nSPS) is 14.7. The molecule has 19 heavy (non-hydrogen) atoms. The standard InChI is InChI=1S/C15H31NO3/c1-7-18-15(17)14(16-12(4)5)8-9-19-13(6)10-11(2)3/h11-14,16H,7-10H2,1-6H3. The molecule has 0 rings (SSSR count). The van der Waals surface area contributed by atoms with Crippen molar-refractivity contribution in [3.05, 3.63) is 0 Å². The van der Waals surface area contributed by atoms with Gasteiger partial charge < -0.3 is 14.8 Å². The van der Waals surface area contributed by atoms with Crippen LogP contribution in [0.3, 0.4) is 0 Å². The first kappa shape index (κ1) is 18.4. The number of carbonyl (C=O) groups excluding carboxylic acids is 1. The van der Waals surface area contributed by atoms with Crippen LogP contribution in [0, 0.1) is 5.92 Å². The highest BCUT2D eigenvalue weighted by Crippen LogP contribution is 2.08. The molecule has 1 N–H and O–H groups in total. The van der Waals surface area contributed by atoms with Gasteiger partial charge in [0.1, 0.15) is 6.04 Å². The van der Waals surface area contributed by atoms with E-state index in [-0.39, 0.29) is 24.2 Å². The van der Waals surface area contributed by atoms with Gasteiger partial charge in [-0.05, 0) is 32.6 Å². The quantitative estimate of drug-likeness (QED) is 0.622.